The van der Waals surface area contributed by atoms with Crippen LogP contribution in [-0.4, -0.2) is 0 Å². The van der Waals surface area contributed by atoms with Crippen LogP contribution in [0.4, 0.5) is 0 Å². The van der Waals surface area contributed by atoms with Crippen LogP contribution >= 0.6 is 0 Å². The monoisotopic (exact) mass is 1330 g/mol. The fourth-order valence-electron chi connectivity index (χ4n) is 0. The molecule has 0 aromatic carbocycles. The zero-order chi connectivity index (χ0) is 0. The van der Waals surface area contributed by atoms with Gasteiger partial charge >= 0.3 is 1630 Å². The Hall–Kier alpha value is 55.0. The van der Waals surface area contributed by atoms with E-state index in [0.29, 0.717) is 0 Å². The summed E-state index contributed by atoms with van der Waals surface area (Å²) in [4.78, 5) is 0. The first-order valence-corrected chi connectivity index (χ1v) is 0. The third kappa shape index (κ3) is 413. The van der Waals surface area contributed by atoms with Gasteiger partial charge in [0.1, 0.15) is 0 Å². The maximum Gasteiger partial charge on any atom is 1.00 e. The number of hydrogen-bond donors (Lipinski definition) is 0. The van der Waals surface area contributed by atoms with Crippen molar-refractivity contribution >= 4 is 0 Å². The molecule has 0 heterocycles. The topological polar surface area (TPSA) is 0 Å². The van der Waals surface area contributed by atoms with Crippen LogP contribution in [0.5, 0.6) is 0 Å². The average molecular weight is 1330 g/mol. The van der Waals surface area contributed by atoms with Crippen molar-refractivity contribution in [2.45, 2.75) is 0 Å². The molecule has 0 unspecified atom stereocenters. The fourth-order valence-corrected chi connectivity index (χ4v) is 0. The molecule has 0 amide bonds. The van der Waals surface area contributed by atoms with Gasteiger partial charge in [-0.3, -0.25) is 0 Å². The molecular weight excluding hydrogens is 1260 g/mol. The molecule has 120 valence electrons. The number of rotatable bonds is 0. The summed E-state index contributed by atoms with van der Waals surface area (Å²) < 4.78 is 0. The molecule has 0 aliphatic carbocycles. The summed E-state index contributed by atoms with van der Waals surface area (Å²) in [5.74, 6) is 0. The van der Waals surface area contributed by atoms with Crippen molar-refractivity contribution in [2.24, 2.45) is 0 Å². The minimum atomic E-state index is 0. The molecule has 0 aliphatic heterocycles. The molecule has 0 rings (SSSR count). The van der Waals surface area contributed by atoms with Crippen LogP contribution in [0.3, 0.4) is 0 Å². The van der Waals surface area contributed by atoms with Crippen molar-refractivity contribution in [1.29, 1.82) is 0 Å². The maximum atomic E-state index is 0. The van der Waals surface area contributed by atoms with Crippen molar-refractivity contribution < 1.29 is 1710 Å². The number of hydrogen-bond acceptors (Lipinski definition) is 0. The van der Waals surface area contributed by atoms with E-state index >= 15 is 0 Å². The van der Waals surface area contributed by atoms with Gasteiger partial charge in [-0.05, 0) is 0 Å². The van der Waals surface area contributed by atoms with Gasteiger partial charge in [0, 0.05) is 7.13 Å². The van der Waals surface area contributed by atoms with Gasteiger partial charge in [-0.1, -0.05) is 0 Å². The summed E-state index contributed by atoms with van der Waals surface area (Å²) in [7, 11) is 0. The van der Waals surface area contributed by atoms with E-state index in [0.717, 1.165) is 0 Å². The quantitative estimate of drug-likeness (QED) is 0.212. The largest absolute Gasteiger partial charge is 1.00 e. The second-order valence-corrected chi connectivity index (χ2v) is 0. The smallest absolute Gasteiger partial charge is 1.00 e. The van der Waals surface area contributed by atoms with E-state index in [9.17, 15) is 0 Å². The molecule has 0 aromatic heterocycles. The average Bonchev–Trinajstić information content (AvgIpc) is 0. The minimum Gasteiger partial charge on any atom is -1.00 e. The molecular formula is H65Na55. The van der Waals surface area contributed by atoms with E-state index in [1.165, 1.54) is 0 Å². The van der Waals surface area contributed by atoms with E-state index < -0.39 is 0 Å². The Bertz CT molecular complexity index is 115. The second-order valence-electron chi connectivity index (χ2n) is 0. The third-order valence-corrected chi connectivity index (χ3v) is 0. The van der Waals surface area contributed by atoms with Gasteiger partial charge in [0.25, 0.3) is 0 Å². The Morgan fingerprint density at radius 2 is 0.0545 bits per heavy atom. The minimum absolute atomic E-state index is 0. The first kappa shape index (κ1) is 432. The van der Waals surface area contributed by atoms with Gasteiger partial charge in [0.05, 0.1) is 0 Å². The molecule has 55 heteroatoms. The van der Waals surface area contributed by atoms with E-state index in [1.807, 2.05) is 0 Å². The third-order valence-electron chi connectivity index (χ3n) is 0. The summed E-state index contributed by atoms with van der Waals surface area (Å²) in [6.07, 6.45) is 0. The summed E-state index contributed by atoms with van der Waals surface area (Å²) in [5.41, 5.74) is 0. The molecule has 0 bridgehead atoms. The maximum absolute atomic E-state index is 0. The van der Waals surface area contributed by atoms with Gasteiger partial charge in [-0.2, -0.15) is 0 Å². The van der Waals surface area contributed by atoms with E-state index in [4.69, 9.17) is 0 Å². The molecule has 55 heavy (non-hydrogen) atoms. The van der Waals surface area contributed by atoms with Crippen LogP contribution in [0.1, 0.15) is 85.6 Å². The standard InChI is InChI=1S/55Na.5H2.55H/h;;;;;;;;;;;;;;;;;;;;;;;;;;;;;;;;;;;;;;;;;;;;;;;;;;;;;;;5*1H;;;;;;;;;;;;;;;;;;;;;;;;;;;;;;;;;;;;;;;;;;;;;;;;;;;;;;;/q55*+1;;;;;;55*-1. The van der Waals surface area contributed by atoms with Crippen molar-refractivity contribution in [3.8, 4) is 0 Å². The fraction of sp³-hybridized carbons (Fsp3) is 0. The molecule has 0 atom stereocenters. The Morgan fingerprint density at radius 1 is 0.0545 bits per heavy atom. The predicted octanol–water partition coefficient (Wildman–Crippen LogP) is -157. The molecule has 0 N–H and O–H groups in total. The first-order chi connectivity index (χ1) is 0. The zero-order valence-electron chi connectivity index (χ0n) is 110. The molecule has 0 nitrogen and oxygen atoms in total. The van der Waals surface area contributed by atoms with Crippen LogP contribution in [0.2, 0.25) is 0 Å². The van der Waals surface area contributed by atoms with Gasteiger partial charge in [0.2, 0.25) is 0 Å². The summed E-state index contributed by atoms with van der Waals surface area (Å²) >= 11 is 0. The SMILES string of the molecule is [H-].[H-].[H-].[H-].[H-].[H-].[H-].[H-].[H-].[H-].[H-].[H-].[H-].[H-].[H-].[H-].[H-].[H-].[H-].[H-].[H-].[H-].[H-].[H-].[H-].[H-].[H-].[H-].[H-].[H-].[H-].[H-].[H-].[H-].[H-].[H-].[H-].[H-].[H-].[H-].[H-].[H-].[H-].[H-].[H-].[H-].[H-].[H-].[H-].[H-].[H-].[H-].[H-].[H-].[H-].[HH].[HH].[HH].[HH].[HH].[Na+].[Na+].[Na+].[Na+].[Na+].[Na+].[Na+].[Na+].[Na+].[Na+].[Na+].[Na+].[Na+].[Na+].[Na+].[Na+].[Na+].[Na+].[Na+].[Na+].[Na+].[Na+].[Na+].[Na+].[Na+].[Na+].[Na+].[Na+].[Na+].[Na+].[Na+].[Na+].[Na+].[Na+].[Na+].[Na+].[Na+].[Na+].[Na+].[Na+].[Na+].[Na+].[Na+].[Na+].[Na+].[Na+].[Na+].[Na+].[Na+].[Na+].[Na+].[Na+].[Na+].[Na+].[Na+]. The van der Waals surface area contributed by atoms with Crippen LogP contribution in [0.25, 0.3) is 0 Å². The van der Waals surface area contributed by atoms with Crippen molar-refractivity contribution in [3.63, 3.8) is 0 Å². The Kier molecular flexibility index (Phi) is 3300. The van der Waals surface area contributed by atoms with Crippen LogP contribution < -0.4 is 1630 Å². The Morgan fingerprint density at radius 3 is 0.0545 bits per heavy atom. The molecule has 0 aromatic rings. The van der Waals surface area contributed by atoms with Gasteiger partial charge in [-0.25, -0.2) is 0 Å². The van der Waals surface area contributed by atoms with E-state index in [1.54, 1.807) is 0 Å². The second kappa shape index (κ2) is 420. The van der Waals surface area contributed by atoms with Gasteiger partial charge in [-0.15, -0.1) is 0 Å². The van der Waals surface area contributed by atoms with E-state index in [-0.39, 0.29) is 1710 Å². The first-order valence-electron chi connectivity index (χ1n) is 0. The van der Waals surface area contributed by atoms with Crippen molar-refractivity contribution in [3.05, 3.63) is 0 Å². The zero-order valence-corrected chi connectivity index (χ0v) is 165. The van der Waals surface area contributed by atoms with E-state index in [2.05, 4.69) is 0 Å². The summed E-state index contributed by atoms with van der Waals surface area (Å²) in [5, 5.41) is 0. The Labute approximate surface area is 1650 Å². The Balaban J connectivity index is 0. The van der Waals surface area contributed by atoms with Crippen LogP contribution in [0.15, 0.2) is 0 Å². The normalized spacial score (nSPS) is 0. The van der Waals surface area contributed by atoms with Gasteiger partial charge < -0.3 is 78.5 Å². The van der Waals surface area contributed by atoms with Crippen LogP contribution in [0, 0.1) is 0 Å². The van der Waals surface area contributed by atoms with Crippen LogP contribution in [-0.2, 0) is 0 Å². The summed E-state index contributed by atoms with van der Waals surface area (Å²) in [6.45, 7) is 0. The molecule has 0 spiro atoms. The molecule has 0 aliphatic rings. The summed E-state index contributed by atoms with van der Waals surface area (Å²) in [6, 6.07) is 0. The molecule has 0 saturated heterocycles. The molecule has 0 fully saturated rings. The predicted molar refractivity (Wildman–Crippen MR) is 71.7 cm³/mol. The van der Waals surface area contributed by atoms with Crippen molar-refractivity contribution in [2.75, 3.05) is 0 Å². The van der Waals surface area contributed by atoms with Gasteiger partial charge in [0.15, 0.2) is 0 Å². The molecule has 0 radical (unpaired) electrons. The van der Waals surface area contributed by atoms with Crippen molar-refractivity contribution in [1.82, 2.24) is 0 Å². The molecule has 0 saturated carbocycles.